The number of ketones is 2. The first kappa shape index (κ1) is 28.6. The lowest BCUT2D eigenvalue weighted by Crippen LogP contribution is -2.36. The van der Waals surface area contributed by atoms with Crippen molar-refractivity contribution in [3.63, 3.8) is 0 Å². The van der Waals surface area contributed by atoms with Gasteiger partial charge in [0.1, 0.15) is 23.7 Å². The number of carbonyl (C=O) groups is 3. The minimum Gasteiger partial charge on any atom is -0.381 e. The molecule has 0 spiro atoms. The van der Waals surface area contributed by atoms with Gasteiger partial charge in [-0.1, -0.05) is 61.5 Å². The number of amides is 1. The SMILES string of the molecule is CC(C)C(=O)CCOCCCC(=O)CCC(=O)N1Cc2ccccc2C2C(N=NN2C(C)C)c2ccccc21. The van der Waals surface area contributed by atoms with E-state index in [-0.39, 0.29) is 54.4 Å². The van der Waals surface area contributed by atoms with Crippen molar-refractivity contribution in [2.75, 3.05) is 18.1 Å². The van der Waals surface area contributed by atoms with Gasteiger partial charge in [0.2, 0.25) is 5.91 Å². The van der Waals surface area contributed by atoms with E-state index in [1.807, 2.05) is 50.2 Å². The highest BCUT2D eigenvalue weighted by atomic mass is 16.5. The van der Waals surface area contributed by atoms with E-state index in [4.69, 9.17) is 4.74 Å². The molecular weight excluding hydrogens is 492 g/mol. The Balaban J connectivity index is 1.41. The number of hydrogen-bond donors (Lipinski definition) is 0. The van der Waals surface area contributed by atoms with Crippen molar-refractivity contribution in [3.8, 4) is 0 Å². The normalized spacial score (nSPS) is 18.0. The average molecular weight is 533 g/mol. The summed E-state index contributed by atoms with van der Waals surface area (Å²) in [5.74, 6) is 0.161. The Bertz CT molecular complexity index is 1210. The summed E-state index contributed by atoms with van der Waals surface area (Å²) in [6, 6.07) is 16.0. The predicted molar refractivity (Wildman–Crippen MR) is 150 cm³/mol. The molecule has 1 amide bonds. The number of ether oxygens (including phenoxy) is 1. The zero-order chi connectivity index (χ0) is 27.9. The van der Waals surface area contributed by atoms with Crippen LogP contribution in [0.3, 0.4) is 0 Å². The largest absolute Gasteiger partial charge is 0.381 e. The van der Waals surface area contributed by atoms with Crippen molar-refractivity contribution >= 4 is 23.2 Å². The third kappa shape index (κ3) is 6.79. The third-order valence-electron chi connectivity index (χ3n) is 7.44. The van der Waals surface area contributed by atoms with Crippen molar-refractivity contribution in [3.05, 3.63) is 65.2 Å². The molecule has 2 aromatic carbocycles. The first-order valence-electron chi connectivity index (χ1n) is 14.1. The number of fused-ring (bicyclic) bond motifs is 5. The molecule has 0 saturated carbocycles. The average Bonchev–Trinajstić information content (AvgIpc) is 3.36. The van der Waals surface area contributed by atoms with Crippen LogP contribution in [0.25, 0.3) is 0 Å². The third-order valence-corrected chi connectivity index (χ3v) is 7.44. The van der Waals surface area contributed by atoms with Crippen molar-refractivity contribution < 1.29 is 19.1 Å². The Morgan fingerprint density at radius 2 is 1.62 bits per heavy atom. The van der Waals surface area contributed by atoms with Gasteiger partial charge in [0.05, 0.1) is 13.2 Å². The Labute approximate surface area is 231 Å². The number of anilines is 1. The summed E-state index contributed by atoms with van der Waals surface area (Å²) in [4.78, 5) is 39.6. The molecular formula is C31H40N4O4. The zero-order valence-corrected chi connectivity index (χ0v) is 23.5. The number of rotatable bonds is 12. The number of nitrogens with zero attached hydrogens (tertiary/aromatic N) is 4. The van der Waals surface area contributed by atoms with Crippen LogP contribution in [-0.4, -0.2) is 41.7 Å². The Hall–Kier alpha value is -3.39. The molecule has 8 nitrogen and oxygen atoms in total. The topological polar surface area (TPSA) is 91.6 Å². The van der Waals surface area contributed by atoms with Crippen LogP contribution in [0.4, 0.5) is 5.69 Å². The molecule has 8 heteroatoms. The molecule has 2 heterocycles. The lowest BCUT2D eigenvalue weighted by molar-refractivity contribution is -0.124. The second-order valence-corrected chi connectivity index (χ2v) is 10.9. The second kappa shape index (κ2) is 13.1. The Morgan fingerprint density at radius 1 is 0.897 bits per heavy atom. The molecule has 0 aliphatic carbocycles. The van der Waals surface area contributed by atoms with E-state index in [2.05, 4.69) is 41.3 Å². The molecule has 2 atom stereocenters. The van der Waals surface area contributed by atoms with Crippen LogP contribution >= 0.6 is 0 Å². The summed E-state index contributed by atoms with van der Waals surface area (Å²) in [5, 5.41) is 11.3. The highest BCUT2D eigenvalue weighted by Crippen LogP contribution is 2.48. The molecule has 0 aromatic heterocycles. The van der Waals surface area contributed by atoms with Crippen LogP contribution in [0.2, 0.25) is 0 Å². The molecule has 2 aliphatic rings. The van der Waals surface area contributed by atoms with Crippen LogP contribution in [0.1, 0.15) is 88.6 Å². The molecule has 4 rings (SSSR count). The monoisotopic (exact) mass is 532 g/mol. The van der Waals surface area contributed by atoms with Gasteiger partial charge >= 0.3 is 0 Å². The van der Waals surface area contributed by atoms with Gasteiger partial charge in [0.25, 0.3) is 0 Å². The smallest absolute Gasteiger partial charge is 0.227 e. The Morgan fingerprint density at radius 3 is 2.36 bits per heavy atom. The van der Waals surface area contributed by atoms with Crippen LogP contribution in [-0.2, 0) is 25.7 Å². The molecule has 39 heavy (non-hydrogen) atoms. The summed E-state index contributed by atoms with van der Waals surface area (Å²) < 4.78 is 5.51. The van der Waals surface area contributed by atoms with E-state index >= 15 is 0 Å². The van der Waals surface area contributed by atoms with Crippen molar-refractivity contribution in [2.45, 2.75) is 84.5 Å². The molecule has 0 N–H and O–H groups in total. The minimum absolute atomic E-state index is 0.0143. The highest BCUT2D eigenvalue weighted by molar-refractivity contribution is 5.96. The molecule has 0 saturated heterocycles. The fraction of sp³-hybridized carbons (Fsp3) is 0.516. The van der Waals surface area contributed by atoms with Crippen molar-refractivity contribution in [2.24, 2.45) is 16.3 Å². The van der Waals surface area contributed by atoms with Crippen molar-refractivity contribution in [1.82, 2.24) is 5.01 Å². The van der Waals surface area contributed by atoms with Gasteiger partial charge in [-0.05, 0) is 37.5 Å². The molecule has 0 radical (unpaired) electrons. The Kier molecular flexibility index (Phi) is 9.62. The summed E-state index contributed by atoms with van der Waals surface area (Å²) in [7, 11) is 0. The maximum atomic E-state index is 13.6. The number of benzene rings is 2. The molecule has 2 aromatic rings. The number of carbonyl (C=O) groups excluding carboxylic acids is 3. The van der Waals surface area contributed by atoms with E-state index in [0.29, 0.717) is 39.0 Å². The van der Waals surface area contributed by atoms with Crippen LogP contribution < -0.4 is 4.90 Å². The number of para-hydroxylation sites is 1. The maximum absolute atomic E-state index is 13.6. The predicted octanol–water partition coefficient (Wildman–Crippen LogP) is 6.17. The summed E-state index contributed by atoms with van der Waals surface area (Å²) >= 11 is 0. The first-order valence-corrected chi connectivity index (χ1v) is 14.1. The minimum atomic E-state index is -0.224. The second-order valence-electron chi connectivity index (χ2n) is 10.9. The van der Waals surface area contributed by atoms with Crippen LogP contribution in [0.5, 0.6) is 0 Å². The molecule has 2 aliphatic heterocycles. The molecule has 2 unspecified atom stereocenters. The summed E-state index contributed by atoms with van der Waals surface area (Å²) in [5.41, 5.74) is 3.98. The van der Waals surface area contributed by atoms with E-state index in [1.165, 1.54) is 0 Å². The number of hydrogen-bond acceptors (Lipinski definition) is 7. The van der Waals surface area contributed by atoms with E-state index < -0.39 is 0 Å². The van der Waals surface area contributed by atoms with Gasteiger partial charge in [0.15, 0.2) is 0 Å². The van der Waals surface area contributed by atoms with Crippen LogP contribution in [0.15, 0.2) is 58.9 Å². The highest BCUT2D eigenvalue weighted by Gasteiger charge is 2.41. The standard InChI is InChI=1S/C31H40N4O4/c1-21(2)28(37)17-19-39-18-9-11-24(36)15-16-29(38)34-20-23-10-5-6-12-25(23)31-30(32-33-35(31)22(3)4)26-13-7-8-14-27(26)34/h5-8,10,12-14,21-22,30-31H,9,11,15-20H2,1-4H3. The van der Waals surface area contributed by atoms with Crippen molar-refractivity contribution in [1.29, 1.82) is 0 Å². The first-order chi connectivity index (χ1) is 18.8. The van der Waals surface area contributed by atoms with E-state index in [1.54, 1.807) is 4.90 Å². The van der Waals surface area contributed by atoms with Gasteiger partial charge in [-0.15, -0.1) is 0 Å². The molecule has 208 valence electrons. The fourth-order valence-electron chi connectivity index (χ4n) is 5.22. The maximum Gasteiger partial charge on any atom is 0.227 e. The quantitative estimate of drug-likeness (QED) is 0.305. The number of Topliss-reactive ketones (excluding diaryl/α,β-unsaturated/α-hetero) is 2. The van der Waals surface area contributed by atoms with Crippen LogP contribution in [0, 0.1) is 5.92 Å². The summed E-state index contributed by atoms with van der Waals surface area (Å²) in [6.07, 6.45) is 1.69. The zero-order valence-electron chi connectivity index (χ0n) is 23.5. The van der Waals surface area contributed by atoms with E-state index in [9.17, 15) is 14.4 Å². The van der Waals surface area contributed by atoms with Gasteiger partial charge in [-0.3, -0.25) is 19.4 Å². The molecule has 0 bridgehead atoms. The lowest BCUT2D eigenvalue weighted by atomic mass is 9.87. The molecule has 0 fully saturated rings. The fourth-order valence-corrected chi connectivity index (χ4v) is 5.22. The van der Waals surface area contributed by atoms with Gasteiger partial charge in [0, 0.05) is 55.5 Å². The van der Waals surface area contributed by atoms with Gasteiger partial charge < -0.3 is 9.64 Å². The van der Waals surface area contributed by atoms with Gasteiger partial charge in [-0.25, -0.2) is 0 Å². The van der Waals surface area contributed by atoms with Gasteiger partial charge in [-0.2, -0.15) is 5.11 Å². The lowest BCUT2D eigenvalue weighted by Gasteiger charge is -2.36. The van der Waals surface area contributed by atoms with E-state index in [0.717, 1.165) is 22.4 Å². The summed E-state index contributed by atoms with van der Waals surface area (Å²) in [6.45, 7) is 9.23.